The van der Waals surface area contributed by atoms with Gasteiger partial charge in [-0.3, -0.25) is 24.0 Å². The summed E-state index contributed by atoms with van der Waals surface area (Å²) in [5.41, 5.74) is 13.5. The van der Waals surface area contributed by atoms with Crippen LogP contribution >= 0.6 is 27.5 Å². The summed E-state index contributed by atoms with van der Waals surface area (Å²) in [6, 6.07) is 87.2. The van der Waals surface area contributed by atoms with Gasteiger partial charge in [-0.05, 0) is 179 Å². The second kappa shape index (κ2) is 44.0. The summed E-state index contributed by atoms with van der Waals surface area (Å²) in [7, 11) is 1.78. The number of anilines is 6. The maximum absolute atomic E-state index is 13.9. The van der Waals surface area contributed by atoms with Crippen LogP contribution < -0.4 is 30.2 Å². The lowest BCUT2D eigenvalue weighted by molar-refractivity contribution is 0.102. The lowest BCUT2D eigenvalue weighted by Crippen LogP contribution is -2.36. The normalized spacial score (nSPS) is 12.4. The zero-order valence-corrected chi connectivity index (χ0v) is 66.1. The molecule has 2 N–H and O–H groups in total. The Morgan fingerprint density at radius 3 is 1.33 bits per heavy atom. The molecule has 0 saturated carbocycles. The van der Waals surface area contributed by atoms with Crippen LogP contribution in [0, 0.1) is 5.82 Å². The van der Waals surface area contributed by atoms with Crippen LogP contribution in [-0.4, -0.2) is 121 Å². The third kappa shape index (κ3) is 24.1. The van der Waals surface area contributed by atoms with Crippen LogP contribution in [0.4, 0.5) is 38.5 Å². The molecule has 0 bridgehead atoms. The summed E-state index contributed by atoms with van der Waals surface area (Å²) >= 11 is 9.31. The van der Waals surface area contributed by atoms with Gasteiger partial charge in [0.2, 0.25) is 0 Å². The fourth-order valence-corrected chi connectivity index (χ4v) is 13.4. The van der Waals surface area contributed by atoms with Crippen molar-refractivity contribution in [2.24, 2.45) is 0 Å². The molecule has 0 spiro atoms. The first-order valence-corrected chi connectivity index (χ1v) is 39.1. The van der Waals surface area contributed by atoms with Crippen LogP contribution in [-0.2, 0) is 15.9 Å². The quantitative estimate of drug-likeness (QED) is 0.0498. The van der Waals surface area contributed by atoms with Crippen molar-refractivity contribution in [3.63, 3.8) is 0 Å². The molecular weight excluding hydrogens is 1460 g/mol. The highest BCUT2D eigenvalue weighted by Crippen LogP contribution is 2.30. The summed E-state index contributed by atoms with van der Waals surface area (Å²) in [6.45, 7) is 20.9. The Morgan fingerprint density at radius 2 is 0.864 bits per heavy atom. The van der Waals surface area contributed by atoms with Crippen LogP contribution in [0.1, 0.15) is 139 Å². The van der Waals surface area contributed by atoms with E-state index in [1.807, 2.05) is 196 Å². The summed E-state index contributed by atoms with van der Waals surface area (Å²) in [4.78, 5) is 72.0. The Hall–Kier alpha value is -10.8. The number of carbonyl (C=O) groups excluding carboxylic acids is 5. The largest absolute Gasteiger partial charge is 0.388 e. The Labute approximate surface area is 662 Å². The van der Waals surface area contributed by atoms with Crippen LogP contribution in [0.25, 0.3) is 0 Å². The number of halogens is 3. The van der Waals surface area contributed by atoms with E-state index in [4.69, 9.17) is 21.1 Å². The van der Waals surface area contributed by atoms with Gasteiger partial charge in [-0.25, -0.2) is 4.39 Å². The number of carbonyl (C=O) groups is 5. The minimum absolute atomic E-state index is 0.0301. The number of nitrogens with one attached hydrogen (secondary N) is 2. The number of nitrogens with zero attached hydrogens (tertiary/aromatic N) is 4. The maximum atomic E-state index is 13.9. The van der Waals surface area contributed by atoms with E-state index in [9.17, 15) is 28.4 Å². The third-order valence-corrected chi connectivity index (χ3v) is 19.6. The summed E-state index contributed by atoms with van der Waals surface area (Å²) in [5, 5.41) is 7.13. The first-order valence-electron chi connectivity index (χ1n) is 37.9. The van der Waals surface area contributed by atoms with Gasteiger partial charge in [-0.15, -0.1) is 0 Å². The first-order chi connectivity index (χ1) is 53.6. The van der Waals surface area contributed by atoms with Crippen molar-refractivity contribution in [1.29, 1.82) is 0 Å². The van der Waals surface area contributed by atoms with Gasteiger partial charge < -0.3 is 39.7 Å². The minimum atomic E-state index is -0.493. The van der Waals surface area contributed by atoms with Crippen molar-refractivity contribution < 1.29 is 37.8 Å². The molecule has 1 unspecified atom stereocenters. The van der Waals surface area contributed by atoms with Crippen molar-refractivity contribution in [3.05, 3.63) is 356 Å². The molecule has 0 aromatic heterocycles. The van der Waals surface area contributed by atoms with Crippen molar-refractivity contribution in [3.8, 4) is 0 Å². The van der Waals surface area contributed by atoms with E-state index < -0.39 is 5.82 Å². The summed E-state index contributed by atoms with van der Waals surface area (Å²) < 4.78 is 25.5. The number of para-hydroxylation sites is 1. The number of rotatable bonds is 26. The number of ether oxygens (including phenoxy) is 2. The number of morpholine rings is 2. The Morgan fingerprint density at radius 1 is 0.436 bits per heavy atom. The molecule has 16 heteroatoms. The standard InChI is InChI=1S/C23H23NO.C21H24N2O3.C19H23NO.C17H17BrFNO.C14H12ClNO/c1-2-20(17-18-11-5-3-6-12-18)24-22-16-10-9-15-21(22)23(25)19-13-7-4-8-14-19;24-21(17-1-5-19(6-2-17)22-9-13-25-14-10-22)18-3-7-20(8-4-18)23-11-15-26-16-12-23;1-3-14-20(15-4-2)18-12-10-17(11-13-18)19(21)16-8-6-5-7-9-16;1-3-20(4-2)16-10-9-12(18)11-14(16)17(21)13-7-5-6-8-15(13)19;1-16-13-8-7-11(15)9-12(13)14(17)10-5-3-2-4-6-10/h3-16,20,24H,2,17H2,1H3;1-8H,9-16H2;5-13H,3-4,14-15H2,1-2H3;5-11H,3-4H2,1-2H3;2-9,16H,1H3. The minimum Gasteiger partial charge on any atom is -0.388 e. The number of hydrogen-bond donors (Lipinski definition) is 2. The SMILES string of the molecule is CCC(Cc1ccccc1)Nc1ccccc1C(=O)c1ccccc1.CCCN(CCC)c1ccc(C(=O)c2ccccc2)cc1.CCN(CC)c1ccc(Br)cc1C(=O)c1ccccc1F.CNc1ccc(Cl)cc1C(=O)c1ccccc1.O=C(c1ccc(N2CCOCC2)cc1)c1ccc(N2CCOCC2)cc1. The molecule has 0 radical (unpaired) electrons. The van der Waals surface area contributed by atoms with Crippen LogP contribution in [0.5, 0.6) is 0 Å². The summed E-state index contributed by atoms with van der Waals surface area (Å²) in [6.07, 6.45) is 4.18. The van der Waals surface area contributed by atoms with Gasteiger partial charge in [-0.1, -0.05) is 194 Å². The van der Waals surface area contributed by atoms with E-state index in [1.165, 1.54) is 23.4 Å². The molecule has 11 aromatic carbocycles. The molecule has 568 valence electrons. The molecule has 1 atom stereocenters. The lowest BCUT2D eigenvalue weighted by Gasteiger charge is -2.29. The highest BCUT2D eigenvalue weighted by atomic mass is 79.9. The van der Waals surface area contributed by atoms with E-state index in [2.05, 4.69) is 103 Å². The Kier molecular flexibility index (Phi) is 33.3. The zero-order valence-electron chi connectivity index (χ0n) is 63.7. The van der Waals surface area contributed by atoms with Crippen molar-refractivity contribution in [2.75, 3.05) is 116 Å². The van der Waals surface area contributed by atoms with E-state index >= 15 is 0 Å². The Bertz CT molecular complexity index is 4610. The average molecular weight is 1560 g/mol. The monoisotopic (exact) mass is 1560 g/mol. The molecule has 2 aliphatic rings. The number of benzene rings is 11. The molecule has 2 heterocycles. The molecule has 2 saturated heterocycles. The smallest absolute Gasteiger partial charge is 0.198 e. The van der Waals surface area contributed by atoms with Gasteiger partial charge in [0.25, 0.3) is 0 Å². The maximum Gasteiger partial charge on any atom is 0.198 e. The molecule has 2 fully saturated rings. The van der Waals surface area contributed by atoms with Gasteiger partial charge >= 0.3 is 0 Å². The zero-order chi connectivity index (χ0) is 78.0. The molecule has 2 aliphatic heterocycles. The molecule has 13 nitrogen and oxygen atoms in total. The second-order valence-corrected chi connectivity index (χ2v) is 27.7. The molecule has 0 aliphatic carbocycles. The highest BCUT2D eigenvalue weighted by molar-refractivity contribution is 9.10. The van der Waals surface area contributed by atoms with Crippen molar-refractivity contribution in [2.45, 2.75) is 66.3 Å². The molecule has 110 heavy (non-hydrogen) atoms. The van der Waals surface area contributed by atoms with E-state index in [1.54, 1.807) is 55.6 Å². The van der Waals surface area contributed by atoms with Crippen LogP contribution in [0.2, 0.25) is 5.02 Å². The topological polar surface area (TPSA) is 141 Å². The van der Waals surface area contributed by atoms with Crippen molar-refractivity contribution in [1.82, 2.24) is 0 Å². The second-order valence-electron chi connectivity index (χ2n) is 26.3. The fourth-order valence-electron chi connectivity index (χ4n) is 12.9. The van der Waals surface area contributed by atoms with Gasteiger partial charge in [0.05, 0.1) is 32.0 Å². The molecule has 13 rings (SSSR count). The predicted octanol–water partition coefficient (Wildman–Crippen LogP) is 20.8. The average Bonchev–Trinajstić information content (AvgIpc) is 0.889. The van der Waals surface area contributed by atoms with Gasteiger partial charge in [-0.2, -0.15) is 0 Å². The van der Waals surface area contributed by atoms with Crippen LogP contribution in [0.3, 0.4) is 0 Å². The van der Waals surface area contributed by atoms with Gasteiger partial charge in [0, 0.05) is 159 Å². The van der Waals surface area contributed by atoms with E-state index in [-0.39, 0.29) is 40.5 Å². The lowest BCUT2D eigenvalue weighted by atomic mass is 9.99. The van der Waals surface area contributed by atoms with E-state index in [0.29, 0.717) is 27.3 Å². The Balaban J connectivity index is 0.000000159. The fraction of sp³-hybridized carbons (Fsp3) is 0.245. The molecular formula is C94H99BrClFN6O7. The third-order valence-electron chi connectivity index (χ3n) is 18.9. The number of ketones is 5. The molecule has 11 aromatic rings. The van der Waals surface area contributed by atoms with E-state index in [0.717, 1.165) is 165 Å². The molecule has 0 amide bonds. The summed E-state index contributed by atoms with van der Waals surface area (Å²) in [5.74, 6) is -0.619. The first kappa shape index (κ1) is 83.2. The predicted molar refractivity (Wildman–Crippen MR) is 454 cm³/mol. The van der Waals surface area contributed by atoms with Crippen LogP contribution in [0.15, 0.2) is 284 Å². The van der Waals surface area contributed by atoms with Crippen molar-refractivity contribution >= 4 is 90.6 Å². The highest BCUT2D eigenvalue weighted by Gasteiger charge is 2.22. The van der Waals surface area contributed by atoms with Gasteiger partial charge in [0.1, 0.15) is 5.82 Å². The number of hydrogen-bond acceptors (Lipinski definition) is 13. The van der Waals surface area contributed by atoms with Gasteiger partial charge in [0.15, 0.2) is 28.9 Å².